The Hall–Kier alpha value is -2.42. The minimum Gasteiger partial charge on any atom is -0.494 e. The van der Waals surface area contributed by atoms with Crippen LogP contribution < -0.4 is 32.4 Å². The van der Waals surface area contributed by atoms with Crippen molar-refractivity contribution in [2.24, 2.45) is 0 Å². The van der Waals surface area contributed by atoms with Crippen LogP contribution in [0, 0.1) is 0 Å². The summed E-state index contributed by atoms with van der Waals surface area (Å²) in [6.07, 6.45) is 3.53. The second kappa shape index (κ2) is 14.1. The predicted molar refractivity (Wildman–Crippen MR) is 183 cm³/mol. The molecular formula is C29H42N6O4S4. The summed E-state index contributed by atoms with van der Waals surface area (Å²) >= 11 is 14.0. The van der Waals surface area contributed by atoms with Crippen molar-refractivity contribution in [3.63, 3.8) is 0 Å². The number of fused-ring (bicyclic) bond motifs is 2. The molecule has 4 heterocycles. The molecule has 0 aromatic carbocycles. The number of rotatable bonds is 12. The zero-order valence-corrected chi connectivity index (χ0v) is 28.4. The molecule has 2 aliphatic rings. The monoisotopic (exact) mass is 666 g/mol. The minimum atomic E-state index is -0.579. The molecule has 2 aliphatic heterocycles. The number of hydrogen-bond acceptors (Lipinski definition) is 8. The number of thioether (sulfide) groups is 2. The third kappa shape index (κ3) is 8.00. The van der Waals surface area contributed by atoms with E-state index in [1.807, 2.05) is 27.7 Å². The van der Waals surface area contributed by atoms with Gasteiger partial charge in [-0.3, -0.25) is 18.7 Å². The second-order valence-electron chi connectivity index (χ2n) is 12.0. The highest BCUT2D eigenvalue weighted by Gasteiger charge is 2.30. The summed E-state index contributed by atoms with van der Waals surface area (Å²) in [4.78, 5) is 27.2. The summed E-state index contributed by atoms with van der Waals surface area (Å²) in [5, 5.41) is 35.4. The standard InChI is InChI=1S/C29H42N6O4S4/c1-28(2,34-22(36)16-20-18(24(34)38)6-14-42-20)8-12-32-26(40)30-10-5-11-31-27(41)33-13-9-29(3,4)35-23(37)17-21-19(25(35)39)7-15-43-21/h16-17,38-39H,5-15H2,1-4H3,(H2,30,32,40)(H2,31,33,41). The lowest BCUT2D eigenvalue weighted by Crippen LogP contribution is -2.43. The molecular weight excluding hydrogens is 625 g/mol. The highest BCUT2D eigenvalue weighted by molar-refractivity contribution is 7.99. The van der Waals surface area contributed by atoms with Crippen molar-refractivity contribution in [3.05, 3.63) is 44.0 Å². The first kappa shape index (κ1) is 33.5. The van der Waals surface area contributed by atoms with Gasteiger partial charge in [0, 0.05) is 81.8 Å². The van der Waals surface area contributed by atoms with Gasteiger partial charge >= 0.3 is 0 Å². The molecule has 10 nitrogen and oxygen atoms in total. The first-order valence-corrected chi connectivity index (χ1v) is 17.4. The maximum Gasteiger partial charge on any atom is 0.254 e. The Morgan fingerprint density at radius 1 is 0.744 bits per heavy atom. The van der Waals surface area contributed by atoms with Gasteiger partial charge in [-0.2, -0.15) is 0 Å². The van der Waals surface area contributed by atoms with Crippen molar-refractivity contribution in [3.8, 4) is 11.8 Å². The lowest BCUT2D eigenvalue weighted by atomic mass is 9.99. The smallest absolute Gasteiger partial charge is 0.254 e. The summed E-state index contributed by atoms with van der Waals surface area (Å²) in [6.45, 7) is 10.2. The normalized spacial score (nSPS) is 14.2. The van der Waals surface area contributed by atoms with E-state index in [4.69, 9.17) is 24.4 Å². The maximum atomic E-state index is 12.7. The van der Waals surface area contributed by atoms with Gasteiger partial charge in [-0.1, -0.05) is 0 Å². The van der Waals surface area contributed by atoms with E-state index in [0.29, 0.717) is 49.2 Å². The molecule has 236 valence electrons. The number of pyridine rings is 2. The Bertz CT molecular complexity index is 1380. The molecule has 0 amide bonds. The van der Waals surface area contributed by atoms with Gasteiger partial charge < -0.3 is 31.5 Å². The van der Waals surface area contributed by atoms with Gasteiger partial charge in [0.2, 0.25) is 0 Å². The third-order valence-corrected chi connectivity index (χ3v) is 10.7. The molecule has 14 heteroatoms. The van der Waals surface area contributed by atoms with Crippen LogP contribution in [-0.4, -0.2) is 67.3 Å². The fraction of sp³-hybridized carbons (Fsp3) is 0.586. The Morgan fingerprint density at radius 2 is 1.12 bits per heavy atom. The first-order valence-electron chi connectivity index (χ1n) is 14.6. The van der Waals surface area contributed by atoms with E-state index in [2.05, 4.69) is 21.3 Å². The van der Waals surface area contributed by atoms with E-state index in [0.717, 1.165) is 51.7 Å². The molecule has 6 N–H and O–H groups in total. The number of thiocarbonyl (C=S) groups is 2. The minimum absolute atomic E-state index is 0.0786. The van der Waals surface area contributed by atoms with Crippen molar-refractivity contribution < 1.29 is 10.2 Å². The van der Waals surface area contributed by atoms with Crippen LogP contribution in [0.4, 0.5) is 0 Å². The number of nitrogens with one attached hydrogen (secondary N) is 4. The Balaban J connectivity index is 1.11. The van der Waals surface area contributed by atoms with Crippen LogP contribution >= 0.6 is 48.0 Å². The maximum absolute atomic E-state index is 12.7. The van der Waals surface area contributed by atoms with Crippen molar-refractivity contribution in [1.82, 2.24) is 30.4 Å². The van der Waals surface area contributed by atoms with Crippen molar-refractivity contribution in [2.75, 3.05) is 37.7 Å². The number of aromatic hydroxyl groups is 2. The average molecular weight is 667 g/mol. The van der Waals surface area contributed by atoms with Crippen LogP contribution in [0.3, 0.4) is 0 Å². The fourth-order valence-electron chi connectivity index (χ4n) is 5.46. The van der Waals surface area contributed by atoms with E-state index in [1.165, 1.54) is 9.13 Å². The SMILES string of the molecule is CC(C)(CCNC(=S)NCCCNC(=S)NCCC(C)(C)n1c(O)c2c(cc1=O)SCC2)n1c(O)c2c(cc1=O)SCC2. The molecule has 0 spiro atoms. The van der Waals surface area contributed by atoms with Crippen LogP contribution in [0.25, 0.3) is 0 Å². The molecule has 0 radical (unpaired) electrons. The third-order valence-electron chi connectivity index (χ3n) is 7.91. The quantitative estimate of drug-likeness (QED) is 0.147. The van der Waals surface area contributed by atoms with Gasteiger partial charge in [-0.05, 0) is 84.2 Å². The van der Waals surface area contributed by atoms with Crippen molar-refractivity contribution in [1.29, 1.82) is 0 Å². The molecule has 0 saturated carbocycles. The number of nitrogens with zero attached hydrogens (tertiary/aromatic N) is 2. The Labute approximate surface area is 271 Å². The summed E-state index contributed by atoms with van der Waals surface area (Å²) < 4.78 is 2.99. The molecule has 43 heavy (non-hydrogen) atoms. The zero-order chi connectivity index (χ0) is 31.4. The largest absolute Gasteiger partial charge is 0.494 e. The van der Waals surface area contributed by atoms with Crippen LogP contribution in [-0.2, 0) is 23.9 Å². The van der Waals surface area contributed by atoms with Gasteiger partial charge in [0.05, 0.1) is 0 Å². The molecule has 0 aliphatic carbocycles. The molecule has 2 aromatic rings. The van der Waals surface area contributed by atoms with Crippen molar-refractivity contribution >= 4 is 58.2 Å². The van der Waals surface area contributed by atoms with E-state index < -0.39 is 11.1 Å². The molecule has 2 aromatic heterocycles. The van der Waals surface area contributed by atoms with Crippen LogP contribution in [0.1, 0.15) is 58.1 Å². The topological polar surface area (TPSA) is 133 Å². The van der Waals surface area contributed by atoms with Gasteiger partial charge in [-0.25, -0.2) is 0 Å². The fourth-order valence-corrected chi connectivity index (χ4v) is 8.02. The van der Waals surface area contributed by atoms with Gasteiger partial charge in [0.1, 0.15) is 0 Å². The van der Waals surface area contributed by atoms with E-state index in [-0.39, 0.29) is 22.9 Å². The predicted octanol–water partition coefficient (Wildman–Crippen LogP) is 2.99. The zero-order valence-electron chi connectivity index (χ0n) is 25.2. The van der Waals surface area contributed by atoms with E-state index in [1.54, 1.807) is 35.7 Å². The highest BCUT2D eigenvalue weighted by Crippen LogP contribution is 2.38. The van der Waals surface area contributed by atoms with Crippen molar-refractivity contribution in [2.45, 2.75) is 80.7 Å². The molecule has 4 rings (SSSR count). The first-order chi connectivity index (χ1) is 20.3. The highest BCUT2D eigenvalue weighted by atomic mass is 32.2. The summed E-state index contributed by atoms with van der Waals surface area (Å²) in [5.74, 6) is 1.93. The average Bonchev–Trinajstić information content (AvgIpc) is 3.58. The summed E-state index contributed by atoms with van der Waals surface area (Å²) in [5.41, 5.74) is 0.193. The second-order valence-corrected chi connectivity index (χ2v) is 15.1. The lowest BCUT2D eigenvalue weighted by Gasteiger charge is -2.29. The van der Waals surface area contributed by atoms with E-state index in [9.17, 15) is 19.8 Å². The van der Waals surface area contributed by atoms with Crippen LogP contribution in [0.15, 0.2) is 31.5 Å². The summed E-state index contributed by atoms with van der Waals surface area (Å²) in [6, 6.07) is 3.26. The summed E-state index contributed by atoms with van der Waals surface area (Å²) in [7, 11) is 0. The van der Waals surface area contributed by atoms with Crippen LogP contribution in [0.2, 0.25) is 0 Å². The number of hydrogen-bond donors (Lipinski definition) is 6. The lowest BCUT2D eigenvalue weighted by molar-refractivity contribution is 0.269. The van der Waals surface area contributed by atoms with Gasteiger partial charge in [0.15, 0.2) is 22.0 Å². The van der Waals surface area contributed by atoms with Gasteiger partial charge in [0.25, 0.3) is 11.1 Å². The van der Waals surface area contributed by atoms with Crippen LogP contribution in [0.5, 0.6) is 11.8 Å². The number of aromatic nitrogens is 2. The van der Waals surface area contributed by atoms with Gasteiger partial charge in [-0.15, -0.1) is 23.5 Å². The van der Waals surface area contributed by atoms with E-state index >= 15 is 0 Å². The molecule has 0 bridgehead atoms. The molecule has 0 unspecified atom stereocenters. The molecule has 0 saturated heterocycles. The molecule has 0 fully saturated rings. The Morgan fingerprint density at radius 3 is 1.51 bits per heavy atom. The molecule has 0 atom stereocenters. The Kier molecular flexibility index (Phi) is 11.0.